The molecular weight excluding hydrogens is 318 g/mol. The first-order valence-electron chi connectivity index (χ1n) is 8.71. The van der Waals surface area contributed by atoms with E-state index in [4.69, 9.17) is 9.47 Å². The van der Waals surface area contributed by atoms with Crippen LogP contribution in [-0.4, -0.2) is 54.4 Å². The van der Waals surface area contributed by atoms with Crippen molar-refractivity contribution in [1.29, 1.82) is 0 Å². The maximum Gasteiger partial charge on any atom is 0.231 e. The normalized spacial score (nSPS) is 17.0. The molecule has 3 heterocycles. The molecule has 7 heteroatoms. The van der Waals surface area contributed by atoms with E-state index in [-0.39, 0.29) is 6.79 Å². The van der Waals surface area contributed by atoms with E-state index in [9.17, 15) is 0 Å². The Labute approximate surface area is 147 Å². The molecule has 0 bridgehead atoms. The number of benzene rings is 1. The fourth-order valence-electron chi connectivity index (χ4n) is 3.19. The largest absolute Gasteiger partial charge is 0.454 e. The third-order valence-corrected chi connectivity index (χ3v) is 4.61. The van der Waals surface area contributed by atoms with Crippen LogP contribution in [0, 0.1) is 6.92 Å². The van der Waals surface area contributed by atoms with Gasteiger partial charge >= 0.3 is 0 Å². The van der Waals surface area contributed by atoms with Gasteiger partial charge in [0.1, 0.15) is 17.5 Å². The first kappa shape index (κ1) is 16.0. The van der Waals surface area contributed by atoms with Gasteiger partial charge in [-0.2, -0.15) is 0 Å². The highest BCUT2D eigenvalue weighted by molar-refractivity contribution is 5.63. The van der Waals surface area contributed by atoms with Gasteiger partial charge in [-0.15, -0.1) is 0 Å². The second-order valence-electron chi connectivity index (χ2n) is 6.27. The minimum absolute atomic E-state index is 0.277. The number of aromatic nitrogens is 2. The van der Waals surface area contributed by atoms with Crippen LogP contribution in [0.2, 0.25) is 0 Å². The van der Waals surface area contributed by atoms with Crippen LogP contribution in [0.5, 0.6) is 11.5 Å². The van der Waals surface area contributed by atoms with Crippen LogP contribution in [0.25, 0.3) is 0 Å². The maximum atomic E-state index is 5.43. The van der Waals surface area contributed by atoms with Crippen molar-refractivity contribution in [3.05, 3.63) is 30.1 Å². The molecule has 7 nitrogen and oxygen atoms in total. The van der Waals surface area contributed by atoms with E-state index in [1.165, 1.54) is 0 Å². The number of fused-ring (bicyclic) bond motifs is 1. The Bertz CT molecular complexity index is 759. The third kappa shape index (κ3) is 3.46. The Morgan fingerprint density at radius 1 is 1.04 bits per heavy atom. The standard InChI is InChI=1S/C18H23N5O2/c1-3-22-6-8-23(9-7-22)18-11-17(19-13(2)20-18)21-14-4-5-15-16(10-14)25-12-24-15/h4-5,10-11H,3,6-9,12H2,1-2H3,(H,19,20,21). The lowest BCUT2D eigenvalue weighted by Crippen LogP contribution is -2.46. The number of nitrogens with one attached hydrogen (secondary N) is 1. The van der Waals surface area contributed by atoms with Crippen LogP contribution in [0.3, 0.4) is 0 Å². The Kier molecular flexibility index (Phi) is 4.31. The molecule has 1 saturated heterocycles. The first-order chi connectivity index (χ1) is 12.2. The number of likely N-dealkylation sites (N-methyl/N-ethyl adjacent to an activating group) is 1. The minimum Gasteiger partial charge on any atom is -0.454 e. The maximum absolute atomic E-state index is 5.43. The highest BCUT2D eigenvalue weighted by Crippen LogP contribution is 2.35. The van der Waals surface area contributed by atoms with Crippen LogP contribution < -0.4 is 19.7 Å². The van der Waals surface area contributed by atoms with Gasteiger partial charge in [0.2, 0.25) is 6.79 Å². The van der Waals surface area contributed by atoms with Crippen LogP contribution in [0.4, 0.5) is 17.3 Å². The van der Waals surface area contributed by atoms with E-state index in [2.05, 4.69) is 32.0 Å². The summed E-state index contributed by atoms with van der Waals surface area (Å²) < 4.78 is 10.8. The molecule has 1 N–H and O–H groups in total. The van der Waals surface area contributed by atoms with Crippen molar-refractivity contribution in [2.75, 3.05) is 49.7 Å². The molecule has 0 spiro atoms. The summed E-state index contributed by atoms with van der Waals surface area (Å²) >= 11 is 0. The number of nitrogens with zero attached hydrogens (tertiary/aromatic N) is 4. The fraction of sp³-hybridized carbons (Fsp3) is 0.444. The summed E-state index contributed by atoms with van der Waals surface area (Å²) in [5, 5.41) is 3.35. The lowest BCUT2D eigenvalue weighted by molar-refractivity contribution is 0.174. The zero-order valence-electron chi connectivity index (χ0n) is 14.7. The number of rotatable bonds is 4. The van der Waals surface area contributed by atoms with Crippen LogP contribution in [0.15, 0.2) is 24.3 Å². The van der Waals surface area contributed by atoms with Crippen LogP contribution >= 0.6 is 0 Å². The summed E-state index contributed by atoms with van der Waals surface area (Å²) in [5.74, 6) is 4.06. The van der Waals surface area contributed by atoms with Gasteiger partial charge in [-0.3, -0.25) is 0 Å². The highest BCUT2D eigenvalue weighted by atomic mass is 16.7. The molecule has 1 fully saturated rings. The summed E-state index contributed by atoms with van der Waals surface area (Å²) in [5.41, 5.74) is 0.920. The van der Waals surface area contributed by atoms with Gasteiger partial charge in [0.25, 0.3) is 0 Å². The topological polar surface area (TPSA) is 62.8 Å². The first-order valence-corrected chi connectivity index (χ1v) is 8.71. The monoisotopic (exact) mass is 341 g/mol. The van der Waals surface area contributed by atoms with Crippen molar-refractivity contribution < 1.29 is 9.47 Å². The number of anilines is 3. The number of hydrogen-bond acceptors (Lipinski definition) is 7. The molecule has 2 aliphatic heterocycles. The van der Waals surface area contributed by atoms with Crippen LogP contribution in [-0.2, 0) is 0 Å². The summed E-state index contributed by atoms with van der Waals surface area (Å²) in [7, 11) is 0. The van der Waals surface area contributed by atoms with E-state index < -0.39 is 0 Å². The Balaban J connectivity index is 1.52. The zero-order valence-corrected chi connectivity index (χ0v) is 14.7. The van der Waals surface area contributed by atoms with Crippen molar-refractivity contribution in [2.45, 2.75) is 13.8 Å². The van der Waals surface area contributed by atoms with E-state index in [1.807, 2.05) is 31.2 Å². The smallest absolute Gasteiger partial charge is 0.231 e. The van der Waals surface area contributed by atoms with Crippen molar-refractivity contribution in [3.8, 4) is 11.5 Å². The average molecular weight is 341 g/mol. The van der Waals surface area contributed by atoms with Crippen molar-refractivity contribution >= 4 is 17.3 Å². The molecule has 0 saturated carbocycles. The average Bonchev–Trinajstić information content (AvgIpc) is 3.09. The van der Waals surface area contributed by atoms with Crippen molar-refractivity contribution in [2.24, 2.45) is 0 Å². The molecule has 0 unspecified atom stereocenters. The number of ether oxygens (including phenoxy) is 2. The minimum atomic E-state index is 0.277. The van der Waals surface area contributed by atoms with E-state index >= 15 is 0 Å². The van der Waals surface area contributed by atoms with E-state index in [1.54, 1.807) is 0 Å². The van der Waals surface area contributed by atoms with E-state index in [0.29, 0.717) is 0 Å². The second kappa shape index (κ2) is 6.76. The van der Waals surface area contributed by atoms with Gasteiger partial charge < -0.3 is 24.6 Å². The Hall–Kier alpha value is -2.54. The second-order valence-corrected chi connectivity index (χ2v) is 6.27. The van der Waals surface area contributed by atoms with Crippen LogP contribution in [0.1, 0.15) is 12.7 Å². The lowest BCUT2D eigenvalue weighted by Gasteiger charge is -2.34. The van der Waals surface area contributed by atoms with Gasteiger partial charge in [0, 0.05) is 44.0 Å². The predicted octanol–water partition coefficient (Wildman–Crippen LogP) is 2.40. The zero-order chi connectivity index (χ0) is 17.2. The summed E-state index contributed by atoms with van der Waals surface area (Å²) in [6.07, 6.45) is 0. The summed E-state index contributed by atoms with van der Waals surface area (Å²) in [6.45, 7) is 9.65. The summed E-state index contributed by atoms with van der Waals surface area (Å²) in [4.78, 5) is 13.9. The van der Waals surface area contributed by atoms with E-state index in [0.717, 1.165) is 67.4 Å². The Morgan fingerprint density at radius 3 is 2.64 bits per heavy atom. The van der Waals surface area contributed by atoms with Gasteiger partial charge in [-0.1, -0.05) is 6.92 Å². The van der Waals surface area contributed by atoms with Gasteiger partial charge in [-0.25, -0.2) is 9.97 Å². The fourth-order valence-corrected chi connectivity index (χ4v) is 3.19. The predicted molar refractivity (Wildman–Crippen MR) is 96.9 cm³/mol. The van der Waals surface area contributed by atoms with Gasteiger partial charge in [0.05, 0.1) is 0 Å². The Morgan fingerprint density at radius 2 is 1.84 bits per heavy atom. The molecule has 0 aliphatic carbocycles. The summed E-state index contributed by atoms with van der Waals surface area (Å²) in [6, 6.07) is 7.81. The van der Waals surface area contributed by atoms with Gasteiger partial charge in [0.15, 0.2) is 11.5 Å². The quantitative estimate of drug-likeness (QED) is 0.916. The molecule has 0 amide bonds. The SMILES string of the molecule is CCN1CCN(c2cc(Nc3ccc4c(c3)OCO4)nc(C)n2)CC1. The molecule has 25 heavy (non-hydrogen) atoms. The molecule has 2 aromatic rings. The highest BCUT2D eigenvalue weighted by Gasteiger charge is 2.18. The molecule has 4 rings (SSSR count). The molecule has 1 aromatic heterocycles. The lowest BCUT2D eigenvalue weighted by atomic mass is 10.2. The number of aryl methyl sites for hydroxylation is 1. The van der Waals surface area contributed by atoms with Crippen molar-refractivity contribution in [3.63, 3.8) is 0 Å². The van der Waals surface area contributed by atoms with Gasteiger partial charge in [-0.05, 0) is 25.6 Å². The molecular formula is C18H23N5O2. The van der Waals surface area contributed by atoms with Crippen molar-refractivity contribution in [1.82, 2.24) is 14.9 Å². The number of hydrogen-bond donors (Lipinski definition) is 1. The third-order valence-electron chi connectivity index (χ3n) is 4.61. The number of piperazine rings is 1. The molecule has 0 atom stereocenters. The molecule has 1 aromatic carbocycles. The molecule has 0 radical (unpaired) electrons. The molecule has 132 valence electrons. The molecule has 2 aliphatic rings.